The average Bonchev–Trinajstić information content (AvgIpc) is 2.53. The van der Waals surface area contributed by atoms with E-state index in [1.807, 2.05) is 13.8 Å². The van der Waals surface area contributed by atoms with E-state index in [2.05, 4.69) is 30.6 Å². The van der Waals surface area contributed by atoms with Crippen molar-refractivity contribution in [3.8, 4) is 11.5 Å². The van der Waals surface area contributed by atoms with Gasteiger partial charge in [0.15, 0.2) is 5.82 Å². The Kier molecular flexibility index (Phi) is 4.87. The summed E-state index contributed by atoms with van der Waals surface area (Å²) in [6.07, 6.45) is 0. The minimum absolute atomic E-state index is 0.0681. The van der Waals surface area contributed by atoms with Crippen LogP contribution in [0.3, 0.4) is 0 Å². The summed E-state index contributed by atoms with van der Waals surface area (Å²) >= 11 is 0. The molecule has 3 rings (SSSR count). The van der Waals surface area contributed by atoms with Crippen molar-refractivity contribution in [3.63, 3.8) is 0 Å². The van der Waals surface area contributed by atoms with E-state index in [1.165, 1.54) is 0 Å². The van der Waals surface area contributed by atoms with Crippen LogP contribution in [-0.4, -0.2) is 26.0 Å². The zero-order chi connectivity index (χ0) is 18.7. The van der Waals surface area contributed by atoms with Crippen molar-refractivity contribution >= 4 is 23.4 Å². The van der Waals surface area contributed by atoms with Crippen LogP contribution in [0.4, 0.5) is 32.2 Å². The quantitative estimate of drug-likeness (QED) is 0.643. The Labute approximate surface area is 148 Å². The summed E-state index contributed by atoms with van der Waals surface area (Å²) < 4.78 is 26.8. The molecule has 0 fully saturated rings. The number of nitrogens with zero attached hydrogens (tertiary/aromatic N) is 4. The molecule has 0 spiro atoms. The molecule has 1 aromatic carbocycles. The van der Waals surface area contributed by atoms with Gasteiger partial charge in [-0.1, -0.05) is 6.07 Å². The lowest BCUT2D eigenvalue weighted by molar-refractivity contribution is 0.584. The molecule has 0 aliphatic carbocycles. The van der Waals surface area contributed by atoms with Gasteiger partial charge in [-0.15, -0.1) is 0 Å². The number of nitrogen functional groups attached to an aromatic ring is 1. The van der Waals surface area contributed by atoms with Crippen LogP contribution >= 0.6 is 0 Å². The lowest BCUT2D eigenvalue weighted by Crippen LogP contribution is -2.14. The SMILES string of the molecule is CC(C)Nc1nc(Nc2cc(F)cc(F)c2)nc(-c2cccc(N)n2)n1. The predicted octanol–water partition coefficient (Wildman–Crippen LogP) is 3.36. The molecule has 0 aliphatic heterocycles. The molecule has 0 atom stereocenters. The van der Waals surface area contributed by atoms with Gasteiger partial charge in [-0.05, 0) is 38.1 Å². The third-order valence-corrected chi connectivity index (χ3v) is 3.17. The number of aromatic nitrogens is 4. The first kappa shape index (κ1) is 17.5. The summed E-state index contributed by atoms with van der Waals surface area (Å²) in [7, 11) is 0. The highest BCUT2D eigenvalue weighted by Crippen LogP contribution is 2.21. The van der Waals surface area contributed by atoms with Gasteiger partial charge < -0.3 is 16.4 Å². The van der Waals surface area contributed by atoms with Crippen molar-refractivity contribution in [1.82, 2.24) is 19.9 Å². The fourth-order valence-corrected chi connectivity index (χ4v) is 2.20. The van der Waals surface area contributed by atoms with Crippen molar-refractivity contribution in [1.29, 1.82) is 0 Å². The Bertz CT molecular complexity index is 910. The molecule has 4 N–H and O–H groups in total. The van der Waals surface area contributed by atoms with Gasteiger partial charge in [0.2, 0.25) is 11.9 Å². The molecule has 0 unspecified atom stereocenters. The molecule has 7 nitrogen and oxygen atoms in total. The Balaban J connectivity index is 2.01. The van der Waals surface area contributed by atoms with Gasteiger partial charge in [-0.3, -0.25) is 0 Å². The molecule has 0 bridgehead atoms. The third kappa shape index (κ3) is 4.38. The fourth-order valence-electron chi connectivity index (χ4n) is 2.20. The molecule has 0 saturated heterocycles. The molecule has 134 valence electrons. The standard InChI is InChI=1S/C17H17F2N7/c1-9(2)21-16-24-15(13-4-3-5-14(20)23-13)25-17(26-16)22-12-7-10(18)6-11(19)8-12/h3-9H,1-2H3,(H2,20,23)(H2,21,22,24,25,26). The van der Waals surface area contributed by atoms with Crippen molar-refractivity contribution in [3.05, 3.63) is 48.0 Å². The Hall–Kier alpha value is -3.36. The molecule has 0 radical (unpaired) electrons. The molecule has 0 saturated carbocycles. The van der Waals surface area contributed by atoms with Crippen LogP contribution in [0, 0.1) is 11.6 Å². The minimum atomic E-state index is -0.709. The lowest BCUT2D eigenvalue weighted by atomic mass is 10.3. The maximum Gasteiger partial charge on any atom is 0.232 e. The summed E-state index contributed by atoms with van der Waals surface area (Å²) in [5.41, 5.74) is 6.34. The Morgan fingerprint density at radius 3 is 2.27 bits per heavy atom. The van der Waals surface area contributed by atoms with Crippen LogP contribution in [0.25, 0.3) is 11.5 Å². The van der Waals surface area contributed by atoms with Gasteiger partial charge in [0, 0.05) is 17.8 Å². The second kappa shape index (κ2) is 7.26. The second-order valence-electron chi connectivity index (χ2n) is 5.84. The minimum Gasteiger partial charge on any atom is -0.384 e. The Morgan fingerprint density at radius 1 is 0.923 bits per heavy atom. The largest absolute Gasteiger partial charge is 0.384 e. The summed E-state index contributed by atoms with van der Waals surface area (Å²) in [4.78, 5) is 17.0. The monoisotopic (exact) mass is 357 g/mol. The number of rotatable bonds is 5. The zero-order valence-electron chi connectivity index (χ0n) is 14.2. The molecular weight excluding hydrogens is 340 g/mol. The highest BCUT2D eigenvalue weighted by Gasteiger charge is 2.12. The van der Waals surface area contributed by atoms with Gasteiger partial charge in [-0.2, -0.15) is 15.0 Å². The van der Waals surface area contributed by atoms with Crippen molar-refractivity contribution in [2.45, 2.75) is 19.9 Å². The molecule has 2 heterocycles. The highest BCUT2D eigenvalue weighted by atomic mass is 19.1. The number of halogens is 2. The molecular formula is C17H17F2N7. The van der Waals surface area contributed by atoms with Gasteiger partial charge in [0.25, 0.3) is 0 Å². The fraction of sp³-hybridized carbons (Fsp3) is 0.176. The number of nitrogens with two attached hydrogens (primary N) is 1. The van der Waals surface area contributed by atoms with E-state index in [0.29, 0.717) is 17.5 Å². The number of nitrogens with one attached hydrogen (secondary N) is 2. The smallest absolute Gasteiger partial charge is 0.232 e. The van der Waals surface area contributed by atoms with E-state index in [-0.39, 0.29) is 23.5 Å². The number of hydrogen-bond acceptors (Lipinski definition) is 7. The van der Waals surface area contributed by atoms with E-state index in [1.54, 1.807) is 18.2 Å². The first-order valence-corrected chi connectivity index (χ1v) is 7.87. The van der Waals surface area contributed by atoms with Crippen LogP contribution in [0.5, 0.6) is 0 Å². The molecule has 0 aliphatic rings. The lowest BCUT2D eigenvalue weighted by Gasteiger charge is -2.12. The average molecular weight is 357 g/mol. The highest BCUT2D eigenvalue weighted by molar-refractivity contribution is 5.59. The van der Waals surface area contributed by atoms with Crippen LogP contribution < -0.4 is 16.4 Å². The number of hydrogen-bond donors (Lipinski definition) is 3. The molecule has 9 heteroatoms. The van der Waals surface area contributed by atoms with E-state index in [0.717, 1.165) is 18.2 Å². The normalized spacial score (nSPS) is 10.8. The maximum absolute atomic E-state index is 13.4. The van der Waals surface area contributed by atoms with Gasteiger partial charge in [0.1, 0.15) is 23.1 Å². The van der Waals surface area contributed by atoms with Crippen LogP contribution in [0.1, 0.15) is 13.8 Å². The topological polar surface area (TPSA) is 102 Å². The molecule has 3 aromatic rings. The van der Waals surface area contributed by atoms with Crippen molar-refractivity contribution in [2.24, 2.45) is 0 Å². The Morgan fingerprint density at radius 2 is 1.62 bits per heavy atom. The van der Waals surface area contributed by atoms with E-state index in [9.17, 15) is 8.78 Å². The molecule has 26 heavy (non-hydrogen) atoms. The van der Waals surface area contributed by atoms with Gasteiger partial charge in [-0.25, -0.2) is 13.8 Å². The molecule has 0 amide bonds. The van der Waals surface area contributed by atoms with Crippen molar-refractivity contribution in [2.75, 3.05) is 16.4 Å². The number of anilines is 4. The summed E-state index contributed by atoms with van der Waals surface area (Å²) in [6, 6.07) is 8.21. The molecule has 2 aromatic heterocycles. The van der Waals surface area contributed by atoms with E-state index in [4.69, 9.17) is 5.73 Å². The summed E-state index contributed by atoms with van der Waals surface area (Å²) in [5.74, 6) is -0.404. The third-order valence-electron chi connectivity index (χ3n) is 3.17. The van der Waals surface area contributed by atoms with E-state index >= 15 is 0 Å². The van der Waals surface area contributed by atoms with Gasteiger partial charge >= 0.3 is 0 Å². The zero-order valence-corrected chi connectivity index (χ0v) is 14.2. The van der Waals surface area contributed by atoms with Crippen molar-refractivity contribution < 1.29 is 8.78 Å². The maximum atomic E-state index is 13.4. The van der Waals surface area contributed by atoms with Crippen LogP contribution in [0.15, 0.2) is 36.4 Å². The number of pyridine rings is 1. The predicted molar refractivity (Wildman–Crippen MR) is 95.9 cm³/mol. The summed E-state index contributed by atoms with van der Waals surface area (Å²) in [6.45, 7) is 3.86. The van der Waals surface area contributed by atoms with Crippen LogP contribution in [0.2, 0.25) is 0 Å². The number of benzene rings is 1. The van der Waals surface area contributed by atoms with Gasteiger partial charge in [0.05, 0.1) is 0 Å². The second-order valence-corrected chi connectivity index (χ2v) is 5.84. The van der Waals surface area contributed by atoms with E-state index < -0.39 is 11.6 Å². The first-order chi connectivity index (χ1) is 12.4. The summed E-state index contributed by atoms with van der Waals surface area (Å²) in [5, 5.41) is 5.85. The van der Waals surface area contributed by atoms with Crippen LogP contribution in [-0.2, 0) is 0 Å². The first-order valence-electron chi connectivity index (χ1n) is 7.87.